The van der Waals surface area contributed by atoms with Crippen LogP contribution >= 0.6 is 0 Å². The third-order valence-corrected chi connectivity index (χ3v) is 4.03. The molecule has 4 heteroatoms. The molecule has 3 nitrogen and oxygen atoms in total. The molecule has 1 amide bonds. The molecule has 0 aromatic heterocycles. The summed E-state index contributed by atoms with van der Waals surface area (Å²) >= 11 is 0. The van der Waals surface area contributed by atoms with Crippen LogP contribution in [0.3, 0.4) is 0 Å². The zero-order chi connectivity index (χ0) is 15.9. The van der Waals surface area contributed by atoms with E-state index in [1.54, 1.807) is 6.07 Å². The average Bonchev–Trinajstić information content (AvgIpc) is 2.46. The van der Waals surface area contributed by atoms with Gasteiger partial charge >= 0.3 is 0 Å². The van der Waals surface area contributed by atoms with E-state index in [2.05, 4.69) is 19.2 Å². The Morgan fingerprint density at radius 3 is 2.43 bits per heavy atom. The van der Waals surface area contributed by atoms with Crippen LogP contribution in [0.2, 0.25) is 0 Å². The van der Waals surface area contributed by atoms with Gasteiger partial charge in [0.25, 0.3) is 0 Å². The van der Waals surface area contributed by atoms with Crippen LogP contribution in [0.4, 0.5) is 4.39 Å². The normalized spacial score (nSPS) is 13.0. The second-order valence-electron chi connectivity index (χ2n) is 5.73. The van der Waals surface area contributed by atoms with Crippen molar-refractivity contribution in [2.24, 2.45) is 11.1 Å². The lowest BCUT2D eigenvalue weighted by atomic mass is 9.78. The first-order valence-corrected chi connectivity index (χ1v) is 7.75. The third-order valence-electron chi connectivity index (χ3n) is 4.03. The van der Waals surface area contributed by atoms with Gasteiger partial charge in [-0.25, -0.2) is 4.39 Å². The highest BCUT2D eigenvalue weighted by Crippen LogP contribution is 2.30. The monoisotopic (exact) mass is 294 g/mol. The number of hydrogen-bond acceptors (Lipinski definition) is 2. The fourth-order valence-corrected chi connectivity index (χ4v) is 2.81. The highest BCUT2D eigenvalue weighted by Gasteiger charge is 2.35. The minimum atomic E-state index is -0.509. The maximum absolute atomic E-state index is 13.3. The van der Waals surface area contributed by atoms with Gasteiger partial charge in [0.15, 0.2) is 0 Å². The van der Waals surface area contributed by atoms with Crippen molar-refractivity contribution in [3.05, 3.63) is 35.6 Å². The number of halogens is 1. The number of carbonyl (C=O) groups is 1. The Labute approximate surface area is 127 Å². The van der Waals surface area contributed by atoms with Crippen LogP contribution < -0.4 is 11.1 Å². The van der Waals surface area contributed by atoms with Crippen molar-refractivity contribution in [3.8, 4) is 0 Å². The van der Waals surface area contributed by atoms with Gasteiger partial charge in [0.2, 0.25) is 5.91 Å². The Kier molecular flexibility index (Phi) is 6.82. The largest absolute Gasteiger partial charge is 0.349 e. The highest BCUT2D eigenvalue weighted by molar-refractivity contribution is 5.83. The van der Waals surface area contributed by atoms with Crippen molar-refractivity contribution >= 4 is 5.91 Å². The molecule has 1 unspecified atom stereocenters. The Balaban J connectivity index is 2.85. The summed E-state index contributed by atoms with van der Waals surface area (Å²) in [5.41, 5.74) is 6.16. The molecule has 1 aromatic carbocycles. The van der Waals surface area contributed by atoms with Crippen molar-refractivity contribution in [2.75, 3.05) is 6.54 Å². The van der Waals surface area contributed by atoms with Crippen LogP contribution in [0.15, 0.2) is 24.3 Å². The summed E-state index contributed by atoms with van der Waals surface area (Å²) in [6.45, 7) is 6.33. The molecule has 1 rings (SSSR count). The second kappa shape index (κ2) is 8.13. The number of hydrogen-bond donors (Lipinski definition) is 2. The zero-order valence-electron chi connectivity index (χ0n) is 13.3. The van der Waals surface area contributed by atoms with Crippen molar-refractivity contribution in [1.29, 1.82) is 0 Å². The fourth-order valence-electron chi connectivity index (χ4n) is 2.81. The Hall–Kier alpha value is -1.42. The predicted molar refractivity (Wildman–Crippen MR) is 84.3 cm³/mol. The number of nitrogens with two attached hydrogens (primary N) is 1. The number of rotatable bonds is 8. The van der Waals surface area contributed by atoms with Crippen LogP contribution in [0.1, 0.15) is 58.1 Å². The highest BCUT2D eigenvalue weighted by atomic mass is 19.1. The minimum Gasteiger partial charge on any atom is -0.349 e. The lowest BCUT2D eigenvalue weighted by molar-refractivity contribution is -0.132. The molecule has 118 valence electrons. The second-order valence-corrected chi connectivity index (χ2v) is 5.73. The van der Waals surface area contributed by atoms with Gasteiger partial charge in [-0.05, 0) is 37.5 Å². The van der Waals surface area contributed by atoms with E-state index in [4.69, 9.17) is 5.73 Å². The number of nitrogens with one attached hydrogen (secondary N) is 1. The maximum atomic E-state index is 13.3. The first-order valence-electron chi connectivity index (χ1n) is 7.75. The van der Waals surface area contributed by atoms with E-state index in [9.17, 15) is 9.18 Å². The van der Waals surface area contributed by atoms with Crippen LogP contribution in [0.5, 0.6) is 0 Å². The van der Waals surface area contributed by atoms with E-state index in [1.165, 1.54) is 12.1 Å². The summed E-state index contributed by atoms with van der Waals surface area (Å²) in [6.07, 6.45) is 3.38. The molecule has 0 fully saturated rings. The van der Waals surface area contributed by atoms with Gasteiger partial charge in [0, 0.05) is 6.54 Å². The Bertz CT molecular complexity index is 456. The molecule has 0 saturated carbocycles. The van der Waals surface area contributed by atoms with Crippen molar-refractivity contribution < 1.29 is 9.18 Å². The van der Waals surface area contributed by atoms with Gasteiger partial charge < -0.3 is 11.1 Å². The molecule has 1 aromatic rings. The SMILES string of the molecule is CCCC(CN)(CCC)C(=O)NC(C)c1cccc(F)c1. The Morgan fingerprint density at radius 2 is 1.95 bits per heavy atom. The van der Waals surface area contributed by atoms with Crippen molar-refractivity contribution in [3.63, 3.8) is 0 Å². The molecule has 0 heterocycles. The third kappa shape index (κ3) is 4.53. The van der Waals surface area contributed by atoms with Crippen LogP contribution in [0.25, 0.3) is 0 Å². The Morgan fingerprint density at radius 1 is 1.33 bits per heavy atom. The van der Waals surface area contributed by atoms with Crippen molar-refractivity contribution in [2.45, 2.75) is 52.5 Å². The van der Waals surface area contributed by atoms with E-state index < -0.39 is 5.41 Å². The topological polar surface area (TPSA) is 55.1 Å². The molecule has 3 N–H and O–H groups in total. The molecule has 0 aliphatic carbocycles. The van der Waals surface area contributed by atoms with Gasteiger partial charge in [-0.1, -0.05) is 38.8 Å². The molecule has 0 bridgehead atoms. The van der Waals surface area contributed by atoms with Crippen LogP contribution in [-0.4, -0.2) is 12.5 Å². The van der Waals surface area contributed by atoms with Gasteiger partial charge in [0.05, 0.1) is 11.5 Å². The van der Waals surface area contributed by atoms with E-state index >= 15 is 0 Å². The molecule has 0 saturated heterocycles. The standard InChI is InChI=1S/C17H27FN2O/c1-4-9-17(12-19,10-5-2)16(21)20-13(3)14-7-6-8-15(18)11-14/h6-8,11,13H,4-5,9-10,12,19H2,1-3H3,(H,20,21). The van der Waals surface area contributed by atoms with Gasteiger partial charge in [-0.3, -0.25) is 4.79 Å². The van der Waals surface area contributed by atoms with Crippen molar-refractivity contribution in [1.82, 2.24) is 5.32 Å². The number of amides is 1. The van der Waals surface area contributed by atoms with E-state index in [1.807, 2.05) is 13.0 Å². The molecular formula is C17H27FN2O. The zero-order valence-corrected chi connectivity index (χ0v) is 13.3. The molecule has 0 aliphatic heterocycles. The summed E-state index contributed by atoms with van der Waals surface area (Å²) in [5.74, 6) is -0.314. The molecule has 0 radical (unpaired) electrons. The van der Waals surface area contributed by atoms with Crippen LogP contribution in [0, 0.1) is 11.2 Å². The smallest absolute Gasteiger partial charge is 0.227 e. The predicted octanol–water partition coefficient (Wildman–Crippen LogP) is 3.55. The molecule has 1 atom stereocenters. The molecule has 0 spiro atoms. The first-order chi connectivity index (χ1) is 9.99. The summed E-state index contributed by atoms with van der Waals surface area (Å²) < 4.78 is 13.3. The quantitative estimate of drug-likeness (QED) is 0.770. The summed E-state index contributed by atoms with van der Waals surface area (Å²) in [7, 11) is 0. The lowest BCUT2D eigenvalue weighted by Gasteiger charge is -2.32. The number of benzene rings is 1. The molecule has 21 heavy (non-hydrogen) atoms. The van der Waals surface area contributed by atoms with Gasteiger partial charge in [0.1, 0.15) is 5.82 Å². The van der Waals surface area contributed by atoms with Gasteiger partial charge in [-0.2, -0.15) is 0 Å². The minimum absolute atomic E-state index is 0.0227. The van der Waals surface area contributed by atoms with E-state index in [0.29, 0.717) is 6.54 Å². The lowest BCUT2D eigenvalue weighted by Crippen LogP contribution is -2.46. The maximum Gasteiger partial charge on any atom is 0.227 e. The number of carbonyl (C=O) groups excluding carboxylic acids is 1. The molecular weight excluding hydrogens is 267 g/mol. The fraction of sp³-hybridized carbons (Fsp3) is 0.588. The van der Waals surface area contributed by atoms with Gasteiger partial charge in [-0.15, -0.1) is 0 Å². The summed E-state index contributed by atoms with van der Waals surface area (Å²) in [4.78, 5) is 12.7. The van der Waals surface area contributed by atoms with Crippen LogP contribution in [-0.2, 0) is 4.79 Å². The molecule has 0 aliphatic rings. The van der Waals surface area contributed by atoms with E-state index in [0.717, 1.165) is 31.2 Å². The average molecular weight is 294 g/mol. The van der Waals surface area contributed by atoms with E-state index in [-0.39, 0.29) is 17.8 Å². The summed E-state index contributed by atoms with van der Waals surface area (Å²) in [5, 5.41) is 3.00. The first kappa shape index (κ1) is 17.6. The summed E-state index contributed by atoms with van der Waals surface area (Å²) in [6, 6.07) is 6.10.